The van der Waals surface area contributed by atoms with Gasteiger partial charge in [0.2, 0.25) is 0 Å². The van der Waals surface area contributed by atoms with Crippen LogP contribution in [-0.4, -0.2) is 39.9 Å². The van der Waals surface area contributed by atoms with Crippen molar-refractivity contribution < 1.29 is 24.9 Å². The predicted octanol–water partition coefficient (Wildman–Crippen LogP) is 0.242. The predicted molar refractivity (Wildman–Crippen MR) is 55.5 cm³/mol. The maximum atomic E-state index is 10.6. The SMILES string of the molecule is O=C(O)c1ccc(N[C@@H](CO)C(=O)O)cc1. The minimum atomic E-state index is -1.18. The molecular weight excluding hydrogens is 214 g/mol. The molecule has 0 bridgehead atoms. The van der Waals surface area contributed by atoms with Gasteiger partial charge in [-0.1, -0.05) is 0 Å². The molecule has 0 radical (unpaired) electrons. The third-order valence-electron chi connectivity index (χ3n) is 1.95. The van der Waals surface area contributed by atoms with Gasteiger partial charge >= 0.3 is 11.9 Å². The zero-order valence-electron chi connectivity index (χ0n) is 8.25. The first kappa shape index (κ1) is 12.0. The highest BCUT2D eigenvalue weighted by Gasteiger charge is 2.15. The summed E-state index contributed by atoms with van der Waals surface area (Å²) in [6.45, 7) is -0.546. The maximum absolute atomic E-state index is 10.6. The van der Waals surface area contributed by atoms with Gasteiger partial charge in [-0.25, -0.2) is 9.59 Å². The molecule has 1 aromatic rings. The molecule has 6 heteroatoms. The van der Waals surface area contributed by atoms with Crippen LogP contribution in [0.15, 0.2) is 24.3 Å². The Kier molecular flexibility index (Phi) is 3.84. The second-order valence-electron chi connectivity index (χ2n) is 3.10. The minimum Gasteiger partial charge on any atom is -0.480 e. The number of benzene rings is 1. The summed E-state index contributed by atoms with van der Waals surface area (Å²) in [6, 6.07) is 4.47. The first-order chi connectivity index (χ1) is 7.54. The van der Waals surface area contributed by atoms with Gasteiger partial charge in [0.1, 0.15) is 6.04 Å². The number of rotatable bonds is 5. The number of aliphatic hydroxyl groups is 1. The van der Waals surface area contributed by atoms with Crippen LogP contribution in [0.1, 0.15) is 10.4 Å². The average Bonchev–Trinajstić information content (AvgIpc) is 2.26. The number of carboxylic acids is 2. The summed E-state index contributed by atoms with van der Waals surface area (Å²) in [5, 5.41) is 28.6. The number of hydrogen-bond acceptors (Lipinski definition) is 4. The summed E-state index contributed by atoms with van der Waals surface area (Å²) in [4.78, 5) is 21.1. The Labute approximate surface area is 91.1 Å². The van der Waals surface area contributed by atoms with Gasteiger partial charge in [-0.2, -0.15) is 0 Å². The molecule has 4 N–H and O–H groups in total. The summed E-state index contributed by atoms with van der Waals surface area (Å²) >= 11 is 0. The summed E-state index contributed by atoms with van der Waals surface area (Å²) in [7, 11) is 0. The van der Waals surface area contributed by atoms with E-state index in [0.717, 1.165) is 0 Å². The number of aliphatic carboxylic acids is 1. The number of aliphatic hydroxyl groups excluding tert-OH is 1. The van der Waals surface area contributed by atoms with Crippen molar-refractivity contribution >= 4 is 17.6 Å². The van der Waals surface area contributed by atoms with E-state index in [9.17, 15) is 9.59 Å². The van der Waals surface area contributed by atoms with E-state index >= 15 is 0 Å². The molecule has 16 heavy (non-hydrogen) atoms. The van der Waals surface area contributed by atoms with Crippen LogP contribution in [0.3, 0.4) is 0 Å². The molecule has 0 saturated heterocycles. The zero-order chi connectivity index (χ0) is 12.1. The molecule has 0 heterocycles. The lowest BCUT2D eigenvalue weighted by Gasteiger charge is -2.12. The normalized spacial score (nSPS) is 11.8. The fraction of sp³-hybridized carbons (Fsp3) is 0.200. The number of anilines is 1. The van der Waals surface area contributed by atoms with Crippen LogP contribution in [0, 0.1) is 0 Å². The molecule has 86 valence electrons. The molecule has 6 nitrogen and oxygen atoms in total. The molecule has 1 rings (SSSR count). The van der Waals surface area contributed by atoms with Crippen LogP contribution in [0.2, 0.25) is 0 Å². The molecule has 0 fully saturated rings. The van der Waals surface area contributed by atoms with Crippen molar-refractivity contribution in [2.75, 3.05) is 11.9 Å². The standard InChI is InChI=1S/C10H11NO5/c12-5-8(10(15)16)11-7-3-1-6(2-4-7)9(13)14/h1-4,8,11-12H,5H2,(H,13,14)(H,15,16)/t8-/m0/s1. The lowest BCUT2D eigenvalue weighted by molar-refractivity contribution is -0.138. The number of carboxylic acid groups (broad SMARTS) is 2. The van der Waals surface area contributed by atoms with Gasteiger partial charge in [0, 0.05) is 5.69 Å². The Morgan fingerprint density at radius 3 is 2.12 bits per heavy atom. The first-order valence-corrected chi connectivity index (χ1v) is 4.48. The van der Waals surface area contributed by atoms with Crippen molar-refractivity contribution in [2.24, 2.45) is 0 Å². The summed E-state index contributed by atoms with van der Waals surface area (Å²) in [5.41, 5.74) is 0.549. The molecule has 0 aliphatic rings. The van der Waals surface area contributed by atoms with Gasteiger partial charge in [0.15, 0.2) is 0 Å². The van der Waals surface area contributed by atoms with E-state index < -0.39 is 24.6 Å². The smallest absolute Gasteiger partial charge is 0.335 e. The fourth-order valence-corrected chi connectivity index (χ4v) is 1.10. The number of hydrogen-bond donors (Lipinski definition) is 4. The third-order valence-corrected chi connectivity index (χ3v) is 1.95. The minimum absolute atomic E-state index is 0.112. The van der Waals surface area contributed by atoms with Gasteiger partial charge < -0.3 is 20.6 Å². The number of nitrogens with one attached hydrogen (secondary N) is 1. The Morgan fingerprint density at radius 1 is 1.19 bits per heavy atom. The summed E-state index contributed by atoms with van der Waals surface area (Å²) in [5.74, 6) is -2.23. The highest BCUT2D eigenvalue weighted by atomic mass is 16.4. The van der Waals surface area contributed by atoms with Crippen molar-refractivity contribution in [3.8, 4) is 0 Å². The van der Waals surface area contributed by atoms with Crippen molar-refractivity contribution in [3.05, 3.63) is 29.8 Å². The van der Waals surface area contributed by atoms with E-state index in [1.54, 1.807) is 0 Å². The van der Waals surface area contributed by atoms with Crippen LogP contribution in [0.25, 0.3) is 0 Å². The van der Waals surface area contributed by atoms with Gasteiger partial charge in [0.25, 0.3) is 0 Å². The van der Waals surface area contributed by atoms with E-state index in [4.69, 9.17) is 15.3 Å². The van der Waals surface area contributed by atoms with Crippen LogP contribution in [-0.2, 0) is 4.79 Å². The van der Waals surface area contributed by atoms with Crippen LogP contribution < -0.4 is 5.32 Å². The highest BCUT2D eigenvalue weighted by molar-refractivity contribution is 5.88. The molecule has 0 unspecified atom stereocenters. The molecule has 0 amide bonds. The largest absolute Gasteiger partial charge is 0.480 e. The highest BCUT2D eigenvalue weighted by Crippen LogP contribution is 2.10. The molecule has 1 aromatic carbocycles. The molecule has 0 aromatic heterocycles. The van der Waals surface area contributed by atoms with E-state index in [0.29, 0.717) is 5.69 Å². The Bertz CT molecular complexity index is 387. The van der Waals surface area contributed by atoms with Crippen molar-refractivity contribution in [1.29, 1.82) is 0 Å². The number of carbonyl (C=O) groups is 2. The molecule has 0 saturated carbocycles. The van der Waals surface area contributed by atoms with Crippen LogP contribution >= 0.6 is 0 Å². The van der Waals surface area contributed by atoms with Gasteiger partial charge in [0.05, 0.1) is 12.2 Å². The van der Waals surface area contributed by atoms with Crippen molar-refractivity contribution in [3.63, 3.8) is 0 Å². The lowest BCUT2D eigenvalue weighted by atomic mass is 10.2. The lowest BCUT2D eigenvalue weighted by Crippen LogP contribution is -2.32. The quantitative estimate of drug-likeness (QED) is 0.572. The summed E-state index contributed by atoms with van der Waals surface area (Å²) in [6.07, 6.45) is 0. The maximum Gasteiger partial charge on any atom is 0.335 e. The molecule has 0 aliphatic heterocycles. The van der Waals surface area contributed by atoms with E-state index in [2.05, 4.69) is 5.32 Å². The molecule has 0 spiro atoms. The van der Waals surface area contributed by atoms with Gasteiger partial charge in [-0.15, -0.1) is 0 Å². The monoisotopic (exact) mass is 225 g/mol. The van der Waals surface area contributed by atoms with Gasteiger partial charge in [-0.05, 0) is 24.3 Å². The van der Waals surface area contributed by atoms with E-state index in [1.165, 1.54) is 24.3 Å². The average molecular weight is 225 g/mol. The van der Waals surface area contributed by atoms with E-state index in [-0.39, 0.29) is 5.56 Å². The molecule has 0 aliphatic carbocycles. The van der Waals surface area contributed by atoms with Crippen molar-refractivity contribution in [1.82, 2.24) is 0 Å². The van der Waals surface area contributed by atoms with Gasteiger partial charge in [-0.3, -0.25) is 0 Å². The zero-order valence-corrected chi connectivity index (χ0v) is 8.25. The van der Waals surface area contributed by atoms with Crippen LogP contribution in [0.5, 0.6) is 0 Å². The Hall–Kier alpha value is -2.08. The fourth-order valence-electron chi connectivity index (χ4n) is 1.10. The number of aromatic carboxylic acids is 1. The molecule has 1 atom stereocenters. The first-order valence-electron chi connectivity index (χ1n) is 4.48. The molecular formula is C10H11NO5. The second kappa shape index (κ2) is 5.13. The topological polar surface area (TPSA) is 107 Å². The van der Waals surface area contributed by atoms with Crippen molar-refractivity contribution in [2.45, 2.75) is 6.04 Å². The Morgan fingerprint density at radius 2 is 1.75 bits per heavy atom. The summed E-state index contributed by atoms with van der Waals surface area (Å²) < 4.78 is 0. The second-order valence-corrected chi connectivity index (χ2v) is 3.10. The van der Waals surface area contributed by atoms with E-state index in [1.807, 2.05) is 0 Å². The van der Waals surface area contributed by atoms with Crippen LogP contribution in [0.4, 0.5) is 5.69 Å². The third kappa shape index (κ3) is 2.96. The Balaban J connectivity index is 2.75.